The number of amidine groups is 1. The molecule has 0 aromatic heterocycles. The maximum absolute atomic E-state index is 12.8. The smallest absolute Gasteiger partial charge is 0.289 e. The van der Waals surface area contributed by atoms with Gasteiger partial charge in [0, 0.05) is 51.5 Å². The molecule has 1 aliphatic heterocycles. The fraction of sp³-hybridized carbons (Fsp3) is 0.667. The second kappa shape index (κ2) is 25.1. The first-order valence-electron chi connectivity index (χ1n) is 16.4. The molecule has 1 fully saturated rings. The van der Waals surface area contributed by atoms with Crippen molar-refractivity contribution in [2.24, 2.45) is 16.5 Å². The third-order valence-corrected chi connectivity index (χ3v) is 10.1. The van der Waals surface area contributed by atoms with E-state index in [0.29, 0.717) is 24.6 Å². The highest BCUT2D eigenvalue weighted by atomic mass is 35.5. The number of thioether (sulfide) groups is 1. The van der Waals surface area contributed by atoms with Gasteiger partial charge >= 0.3 is 0 Å². The highest BCUT2D eigenvalue weighted by Gasteiger charge is 2.38. The van der Waals surface area contributed by atoms with Gasteiger partial charge in [0.25, 0.3) is 5.69 Å². The molecule has 1 aromatic rings. The van der Waals surface area contributed by atoms with Gasteiger partial charge in [0.1, 0.15) is 0 Å². The molecule has 16 nitrogen and oxygen atoms in total. The van der Waals surface area contributed by atoms with Gasteiger partial charge in [-0.25, -0.2) is 13.1 Å². The molecule has 0 aliphatic carbocycles. The lowest BCUT2D eigenvalue weighted by atomic mass is 10.3. The normalized spacial score (nSPS) is 15.0. The molecule has 0 radical (unpaired) electrons. The van der Waals surface area contributed by atoms with Gasteiger partial charge < -0.3 is 27.4 Å². The van der Waals surface area contributed by atoms with Gasteiger partial charge in [-0.05, 0) is 83.1 Å². The van der Waals surface area contributed by atoms with E-state index in [4.69, 9.17) is 11.5 Å². The number of sulfonamides is 1. The molecular weight excluding hydrogens is 698 g/mol. The van der Waals surface area contributed by atoms with Crippen LogP contribution in [0.15, 0.2) is 34.2 Å². The number of nitro groups is 1. The number of carbonyl (C=O) groups is 3. The first-order chi connectivity index (χ1) is 23.1. The van der Waals surface area contributed by atoms with Crippen molar-refractivity contribution in [1.82, 2.24) is 25.6 Å². The zero-order valence-electron chi connectivity index (χ0n) is 27.9. The van der Waals surface area contributed by atoms with E-state index in [0.717, 1.165) is 81.9 Å². The molecule has 1 heterocycles. The van der Waals surface area contributed by atoms with Crippen molar-refractivity contribution >= 4 is 63.4 Å². The third kappa shape index (κ3) is 17.6. The van der Waals surface area contributed by atoms with Crippen molar-refractivity contribution in [2.45, 2.75) is 67.9 Å². The summed E-state index contributed by atoms with van der Waals surface area (Å²) < 4.78 is 27.1. The molecule has 1 aliphatic rings. The Labute approximate surface area is 299 Å². The van der Waals surface area contributed by atoms with Gasteiger partial charge in [-0.1, -0.05) is 12.1 Å². The number of nitrogens with two attached hydrogens (primary N) is 2. The summed E-state index contributed by atoms with van der Waals surface area (Å²) in [6.07, 6.45) is 5.75. The minimum Gasteiger partial charge on any atom is -0.387 e. The summed E-state index contributed by atoms with van der Waals surface area (Å²) in [5.74, 6) is 0.222. The number of aliphatic imine (C=N–C) groups is 1. The van der Waals surface area contributed by atoms with Crippen LogP contribution in [0, 0.1) is 10.1 Å². The van der Waals surface area contributed by atoms with Crippen LogP contribution in [0.2, 0.25) is 0 Å². The molecule has 3 amide bonds. The Hall–Kier alpha value is -2.87. The highest BCUT2D eigenvalue weighted by Crippen LogP contribution is 2.26. The molecule has 1 unspecified atom stereocenters. The maximum atomic E-state index is 12.8. The van der Waals surface area contributed by atoms with E-state index in [1.807, 2.05) is 0 Å². The number of nitro benzene ring substituents is 1. The SMILES string of the molecule is Cl.NCCCNCCCCNCCCN=C(N)CCCSC1CC(=O)N(CCC(=O)NCCCNS(=O)(=O)c2ccccc2[N+](=O)[O-])C1=O. The Bertz CT molecular complexity index is 1320. The zero-order valence-corrected chi connectivity index (χ0v) is 30.4. The second-order valence-electron chi connectivity index (χ2n) is 11.2. The van der Waals surface area contributed by atoms with Crippen LogP contribution in [0.4, 0.5) is 5.69 Å². The Kier molecular flexibility index (Phi) is 22.7. The standard InChI is InChI=1S/C30H51N9O7S2.ClH/c31-13-6-16-33-14-3-4-15-34-17-7-18-35-27(32)11-5-22-47-25-23-29(41)38(30(25)42)21-12-28(40)36-19-8-20-37-48(45,46)26-10-2-1-9-24(26)39(43)44;/h1-2,9-10,25,33-34,37H,3-8,11-23,31H2,(H2,32,35)(H,36,40);1H. The summed E-state index contributed by atoms with van der Waals surface area (Å²) in [6, 6.07) is 5.02. The molecule has 0 bridgehead atoms. The largest absolute Gasteiger partial charge is 0.387 e. The molecule has 2 rings (SSSR count). The van der Waals surface area contributed by atoms with E-state index in [2.05, 4.69) is 25.7 Å². The van der Waals surface area contributed by atoms with Crippen LogP contribution in [-0.4, -0.2) is 112 Å². The molecule has 8 N–H and O–H groups in total. The number of nitrogens with one attached hydrogen (secondary N) is 4. The Balaban J connectivity index is 0.0000120. The lowest BCUT2D eigenvalue weighted by Crippen LogP contribution is -2.36. The van der Waals surface area contributed by atoms with Crippen molar-refractivity contribution < 1.29 is 27.7 Å². The summed E-state index contributed by atoms with van der Waals surface area (Å²) >= 11 is 1.41. The number of halogens is 1. The van der Waals surface area contributed by atoms with Gasteiger partial charge in [-0.15, -0.1) is 24.2 Å². The number of imide groups is 1. The summed E-state index contributed by atoms with van der Waals surface area (Å²) in [5.41, 5.74) is 11.0. The Morgan fingerprint density at radius 1 is 0.980 bits per heavy atom. The number of para-hydroxylation sites is 1. The quantitative estimate of drug-likeness (QED) is 0.0183. The van der Waals surface area contributed by atoms with E-state index in [9.17, 15) is 32.9 Å². The van der Waals surface area contributed by atoms with E-state index >= 15 is 0 Å². The molecular formula is C30H52ClN9O7S2. The lowest BCUT2D eigenvalue weighted by Gasteiger charge is -2.15. The molecule has 1 saturated heterocycles. The van der Waals surface area contributed by atoms with E-state index in [1.54, 1.807) is 0 Å². The molecule has 1 aromatic carbocycles. The predicted molar refractivity (Wildman–Crippen MR) is 194 cm³/mol. The first kappa shape index (κ1) is 44.2. The summed E-state index contributed by atoms with van der Waals surface area (Å²) in [5, 5.41) is 20.0. The average Bonchev–Trinajstić information content (AvgIpc) is 3.33. The molecule has 278 valence electrons. The number of carbonyl (C=O) groups excluding carboxylic acids is 3. The number of hydrogen-bond acceptors (Lipinski definition) is 12. The minimum atomic E-state index is -4.11. The zero-order chi connectivity index (χ0) is 35.2. The van der Waals surface area contributed by atoms with E-state index in [1.165, 1.54) is 23.9 Å². The topological polar surface area (TPSA) is 244 Å². The van der Waals surface area contributed by atoms with Crippen LogP contribution in [-0.2, 0) is 24.4 Å². The molecule has 0 spiro atoms. The average molecular weight is 750 g/mol. The molecule has 49 heavy (non-hydrogen) atoms. The number of rotatable bonds is 27. The Morgan fingerprint density at radius 3 is 2.35 bits per heavy atom. The van der Waals surface area contributed by atoms with Crippen LogP contribution in [0.25, 0.3) is 0 Å². The monoisotopic (exact) mass is 749 g/mol. The predicted octanol–water partition coefficient (Wildman–Crippen LogP) is 0.888. The fourth-order valence-corrected chi connectivity index (χ4v) is 7.09. The van der Waals surface area contributed by atoms with Gasteiger partial charge in [0.05, 0.1) is 16.0 Å². The van der Waals surface area contributed by atoms with Crippen molar-refractivity contribution in [3.63, 3.8) is 0 Å². The number of amides is 3. The molecule has 0 saturated carbocycles. The third-order valence-electron chi connectivity index (χ3n) is 7.32. The van der Waals surface area contributed by atoms with Crippen molar-refractivity contribution in [2.75, 3.05) is 64.7 Å². The van der Waals surface area contributed by atoms with Crippen LogP contribution < -0.4 is 32.1 Å². The molecule has 19 heteroatoms. The summed E-state index contributed by atoms with van der Waals surface area (Å²) in [6.45, 7) is 5.27. The van der Waals surface area contributed by atoms with Crippen molar-refractivity contribution in [3.8, 4) is 0 Å². The first-order valence-corrected chi connectivity index (χ1v) is 19.0. The van der Waals surface area contributed by atoms with Crippen LogP contribution >= 0.6 is 24.2 Å². The van der Waals surface area contributed by atoms with Crippen LogP contribution in [0.3, 0.4) is 0 Å². The minimum absolute atomic E-state index is 0. The van der Waals surface area contributed by atoms with Crippen molar-refractivity contribution in [3.05, 3.63) is 34.4 Å². The van der Waals surface area contributed by atoms with Gasteiger partial charge in [-0.2, -0.15) is 0 Å². The number of nitrogens with zero attached hydrogens (tertiary/aromatic N) is 3. The number of unbranched alkanes of at least 4 members (excludes halogenated alkanes) is 1. The van der Waals surface area contributed by atoms with Crippen LogP contribution in [0.5, 0.6) is 0 Å². The molecule has 1 atom stereocenters. The Morgan fingerprint density at radius 2 is 1.65 bits per heavy atom. The van der Waals surface area contributed by atoms with Crippen molar-refractivity contribution in [1.29, 1.82) is 0 Å². The van der Waals surface area contributed by atoms with E-state index < -0.39 is 30.8 Å². The number of hydrogen-bond donors (Lipinski definition) is 6. The lowest BCUT2D eigenvalue weighted by molar-refractivity contribution is -0.387. The highest BCUT2D eigenvalue weighted by molar-refractivity contribution is 8.00. The number of benzene rings is 1. The fourth-order valence-electron chi connectivity index (χ4n) is 4.72. The van der Waals surface area contributed by atoms with Gasteiger partial charge in [-0.3, -0.25) is 34.4 Å². The van der Waals surface area contributed by atoms with E-state index in [-0.39, 0.29) is 69.0 Å². The van der Waals surface area contributed by atoms with Gasteiger partial charge in [0.2, 0.25) is 27.7 Å². The second-order valence-corrected chi connectivity index (χ2v) is 14.2. The summed E-state index contributed by atoms with van der Waals surface area (Å²) in [4.78, 5) is 52.9. The maximum Gasteiger partial charge on any atom is 0.289 e. The van der Waals surface area contributed by atoms with Crippen LogP contribution in [0.1, 0.15) is 57.8 Å². The number of likely N-dealkylation sites (tertiary alicyclic amines) is 1. The summed E-state index contributed by atoms with van der Waals surface area (Å²) in [7, 11) is -4.11. The van der Waals surface area contributed by atoms with Gasteiger partial charge in [0.15, 0.2) is 4.90 Å².